The topological polar surface area (TPSA) is 103 Å². The summed E-state index contributed by atoms with van der Waals surface area (Å²) in [6.07, 6.45) is 3.25. The van der Waals surface area contributed by atoms with E-state index < -0.39 is 0 Å². The van der Waals surface area contributed by atoms with E-state index in [1.54, 1.807) is 23.5 Å². The van der Waals surface area contributed by atoms with Crippen molar-refractivity contribution in [3.05, 3.63) is 47.4 Å². The Kier molecular flexibility index (Phi) is 6.14. The summed E-state index contributed by atoms with van der Waals surface area (Å²) in [5, 5.41) is 6.10. The van der Waals surface area contributed by atoms with Gasteiger partial charge in [-0.3, -0.25) is 0 Å². The standard InChI is InChI=1S/C24H25N5O4S/c1-14(2)21-27-24(33-28-21)29-10-8-17(9-11-29)32-22-20-19(25-13-26-22)18(12-34-20)15-4-6-16(7-5-15)23(30)31-3/h4-7,12-14,17H,8-11H2,1-3H3. The summed E-state index contributed by atoms with van der Waals surface area (Å²) in [5.74, 6) is 1.21. The molecule has 1 saturated heterocycles. The van der Waals surface area contributed by atoms with Gasteiger partial charge in [-0.1, -0.05) is 31.1 Å². The third-order valence-electron chi connectivity index (χ3n) is 5.88. The number of esters is 1. The number of piperidine rings is 1. The number of anilines is 1. The van der Waals surface area contributed by atoms with Crippen LogP contribution in [0.5, 0.6) is 5.88 Å². The molecule has 0 bridgehead atoms. The summed E-state index contributed by atoms with van der Waals surface area (Å²) in [6, 6.07) is 7.88. The average molecular weight is 480 g/mol. The number of nitrogens with zero attached hydrogens (tertiary/aromatic N) is 5. The molecule has 1 aliphatic rings. The first-order valence-electron chi connectivity index (χ1n) is 11.2. The molecule has 0 radical (unpaired) electrons. The van der Waals surface area contributed by atoms with Gasteiger partial charge < -0.3 is 18.9 Å². The highest BCUT2D eigenvalue weighted by atomic mass is 32.1. The first kappa shape index (κ1) is 22.3. The molecule has 0 atom stereocenters. The summed E-state index contributed by atoms with van der Waals surface area (Å²) in [5.41, 5.74) is 3.30. The Balaban J connectivity index is 1.29. The van der Waals surface area contributed by atoms with Gasteiger partial charge in [0.1, 0.15) is 17.1 Å². The molecule has 4 heterocycles. The van der Waals surface area contributed by atoms with Gasteiger partial charge in [-0.15, -0.1) is 11.3 Å². The smallest absolute Gasteiger partial charge is 0.337 e. The molecule has 0 saturated carbocycles. The molecular weight excluding hydrogens is 454 g/mol. The van der Waals surface area contributed by atoms with Crippen molar-refractivity contribution in [2.45, 2.75) is 38.7 Å². The number of thiophene rings is 1. The van der Waals surface area contributed by atoms with E-state index >= 15 is 0 Å². The van der Waals surface area contributed by atoms with Crippen molar-refractivity contribution < 1.29 is 18.8 Å². The van der Waals surface area contributed by atoms with Crippen LogP contribution in [0, 0.1) is 0 Å². The second-order valence-corrected chi connectivity index (χ2v) is 9.35. The van der Waals surface area contributed by atoms with Crippen molar-refractivity contribution in [2.75, 3.05) is 25.1 Å². The number of benzene rings is 1. The van der Waals surface area contributed by atoms with E-state index in [2.05, 4.69) is 25.0 Å². The molecule has 0 amide bonds. The number of hydrogen-bond acceptors (Lipinski definition) is 10. The normalized spacial score (nSPS) is 14.6. The van der Waals surface area contributed by atoms with Crippen molar-refractivity contribution in [3.8, 4) is 17.0 Å². The van der Waals surface area contributed by atoms with Crippen LogP contribution in [0.1, 0.15) is 48.8 Å². The summed E-state index contributed by atoms with van der Waals surface area (Å²) in [7, 11) is 1.37. The van der Waals surface area contributed by atoms with Crippen molar-refractivity contribution >= 4 is 33.5 Å². The van der Waals surface area contributed by atoms with Crippen LogP contribution in [0.2, 0.25) is 0 Å². The van der Waals surface area contributed by atoms with E-state index in [0.717, 1.165) is 53.1 Å². The molecule has 34 heavy (non-hydrogen) atoms. The Morgan fingerprint density at radius 2 is 1.94 bits per heavy atom. The Morgan fingerprint density at radius 1 is 1.18 bits per heavy atom. The van der Waals surface area contributed by atoms with E-state index in [9.17, 15) is 4.79 Å². The second-order valence-electron chi connectivity index (χ2n) is 8.47. The van der Waals surface area contributed by atoms with Gasteiger partial charge in [0.2, 0.25) is 5.88 Å². The first-order valence-corrected chi connectivity index (χ1v) is 12.1. The highest BCUT2D eigenvalue weighted by molar-refractivity contribution is 7.18. The Hall–Kier alpha value is -3.53. The third kappa shape index (κ3) is 4.33. The fourth-order valence-corrected chi connectivity index (χ4v) is 4.89. The minimum atomic E-state index is -0.356. The number of hydrogen-bond donors (Lipinski definition) is 0. The lowest BCUT2D eigenvalue weighted by Gasteiger charge is -2.30. The molecule has 0 unspecified atom stereocenters. The molecule has 9 nitrogen and oxygen atoms in total. The van der Waals surface area contributed by atoms with Gasteiger partial charge in [0.15, 0.2) is 5.82 Å². The lowest BCUT2D eigenvalue weighted by Crippen LogP contribution is -2.38. The lowest BCUT2D eigenvalue weighted by molar-refractivity contribution is 0.0600. The summed E-state index contributed by atoms with van der Waals surface area (Å²) in [4.78, 5) is 27.2. The van der Waals surface area contributed by atoms with E-state index in [1.165, 1.54) is 13.4 Å². The molecule has 3 aromatic heterocycles. The van der Waals surface area contributed by atoms with Crippen LogP contribution in [-0.2, 0) is 4.74 Å². The van der Waals surface area contributed by atoms with Gasteiger partial charge in [0.05, 0.1) is 18.2 Å². The molecule has 5 rings (SSSR count). The zero-order chi connectivity index (χ0) is 23.7. The minimum Gasteiger partial charge on any atom is -0.473 e. The molecule has 1 aromatic carbocycles. The van der Waals surface area contributed by atoms with Crippen LogP contribution in [0.3, 0.4) is 0 Å². The molecule has 4 aromatic rings. The Bertz CT molecular complexity index is 1290. The fourth-order valence-electron chi connectivity index (χ4n) is 3.93. The fraction of sp³-hybridized carbons (Fsp3) is 0.375. The largest absolute Gasteiger partial charge is 0.473 e. The lowest BCUT2D eigenvalue weighted by atomic mass is 10.1. The zero-order valence-electron chi connectivity index (χ0n) is 19.2. The van der Waals surface area contributed by atoms with E-state index in [0.29, 0.717) is 17.5 Å². The molecule has 176 valence electrons. The molecule has 10 heteroatoms. The van der Waals surface area contributed by atoms with Crippen molar-refractivity contribution in [1.82, 2.24) is 20.1 Å². The SMILES string of the molecule is COC(=O)c1ccc(-c2csc3c(OC4CCN(c5nc(C(C)C)no5)CC4)ncnc23)cc1. The number of methoxy groups -OCH3 is 1. The first-order chi connectivity index (χ1) is 16.5. The van der Waals surface area contributed by atoms with Gasteiger partial charge >= 0.3 is 12.0 Å². The summed E-state index contributed by atoms with van der Waals surface area (Å²) in [6.45, 7) is 5.65. The maximum absolute atomic E-state index is 11.7. The van der Waals surface area contributed by atoms with Gasteiger partial charge in [-0.2, -0.15) is 4.98 Å². The maximum atomic E-state index is 11.7. The molecule has 1 aliphatic heterocycles. The van der Waals surface area contributed by atoms with Crippen LogP contribution in [0.25, 0.3) is 21.3 Å². The van der Waals surface area contributed by atoms with Crippen molar-refractivity contribution in [2.24, 2.45) is 0 Å². The zero-order valence-corrected chi connectivity index (χ0v) is 20.0. The van der Waals surface area contributed by atoms with E-state index in [-0.39, 0.29) is 18.0 Å². The molecular formula is C24H25N5O4S. The Morgan fingerprint density at radius 3 is 2.62 bits per heavy atom. The highest BCUT2D eigenvalue weighted by Crippen LogP contribution is 2.37. The molecule has 0 N–H and O–H groups in total. The Labute approximate surface area is 200 Å². The van der Waals surface area contributed by atoms with Gasteiger partial charge in [0.25, 0.3) is 0 Å². The van der Waals surface area contributed by atoms with Crippen LogP contribution in [0.4, 0.5) is 6.01 Å². The van der Waals surface area contributed by atoms with Gasteiger partial charge in [-0.05, 0) is 17.7 Å². The molecule has 1 fully saturated rings. The van der Waals surface area contributed by atoms with Crippen molar-refractivity contribution in [1.29, 1.82) is 0 Å². The summed E-state index contributed by atoms with van der Waals surface area (Å²) < 4.78 is 17.4. The number of fused-ring (bicyclic) bond motifs is 1. The maximum Gasteiger partial charge on any atom is 0.337 e. The minimum absolute atomic E-state index is 0.0479. The number of ether oxygens (including phenoxy) is 2. The predicted molar refractivity (Wildman–Crippen MR) is 128 cm³/mol. The number of carbonyl (C=O) groups excluding carboxylic acids is 1. The van der Waals surface area contributed by atoms with Crippen LogP contribution >= 0.6 is 11.3 Å². The third-order valence-corrected chi connectivity index (χ3v) is 6.83. The van der Waals surface area contributed by atoms with Crippen LogP contribution in [-0.4, -0.2) is 52.4 Å². The number of aromatic nitrogens is 4. The quantitative estimate of drug-likeness (QED) is 0.364. The molecule has 0 aliphatic carbocycles. The van der Waals surface area contributed by atoms with E-state index in [1.807, 2.05) is 31.4 Å². The summed E-state index contributed by atoms with van der Waals surface area (Å²) >= 11 is 1.56. The van der Waals surface area contributed by atoms with E-state index in [4.69, 9.17) is 14.0 Å². The van der Waals surface area contributed by atoms with Crippen LogP contribution < -0.4 is 9.64 Å². The van der Waals surface area contributed by atoms with Gasteiger partial charge in [-0.25, -0.2) is 14.8 Å². The monoisotopic (exact) mass is 479 g/mol. The number of carbonyl (C=O) groups is 1. The average Bonchev–Trinajstić information content (AvgIpc) is 3.53. The second kappa shape index (κ2) is 9.38. The van der Waals surface area contributed by atoms with Crippen LogP contribution in [0.15, 0.2) is 40.5 Å². The van der Waals surface area contributed by atoms with Gasteiger partial charge in [0, 0.05) is 42.8 Å². The molecule has 0 spiro atoms. The van der Waals surface area contributed by atoms with Crippen molar-refractivity contribution in [3.63, 3.8) is 0 Å². The highest BCUT2D eigenvalue weighted by Gasteiger charge is 2.26. The predicted octanol–water partition coefficient (Wildman–Crippen LogP) is 4.70. The number of rotatable bonds is 6.